The second kappa shape index (κ2) is 21.2. The van der Waals surface area contributed by atoms with Crippen molar-refractivity contribution in [3.8, 4) is 0 Å². The van der Waals surface area contributed by atoms with E-state index in [1.54, 1.807) is 30.3 Å². The average Bonchev–Trinajstić information content (AvgIpc) is 3.03. The molecule has 0 heterocycles. The maximum atomic E-state index is 13.1. The number of amides is 8. The van der Waals surface area contributed by atoms with Crippen LogP contribution in [0.4, 0.5) is 4.79 Å². The molecule has 0 saturated carbocycles. The summed E-state index contributed by atoms with van der Waals surface area (Å²) >= 11 is 0. The minimum absolute atomic E-state index is 0.0342. The summed E-state index contributed by atoms with van der Waals surface area (Å²) in [6.07, 6.45) is -1.31. The molecule has 0 aliphatic carbocycles. The Morgan fingerprint density at radius 3 is 1.74 bits per heavy atom. The van der Waals surface area contributed by atoms with Crippen molar-refractivity contribution in [1.29, 1.82) is 0 Å². The molecule has 50 heavy (non-hydrogen) atoms. The molecule has 0 saturated heterocycles. The predicted octanol–water partition coefficient (Wildman–Crippen LogP) is -3.71. The Morgan fingerprint density at radius 1 is 0.680 bits per heavy atom. The van der Waals surface area contributed by atoms with Crippen LogP contribution >= 0.6 is 0 Å². The molecule has 8 amide bonds. The third-order valence-electron chi connectivity index (χ3n) is 7.05. The van der Waals surface area contributed by atoms with Crippen molar-refractivity contribution < 1.29 is 53.4 Å². The number of aliphatic carboxylic acids is 2. The Morgan fingerprint density at radius 2 is 1.20 bits per heavy atom. The Balaban J connectivity index is 2.98. The zero-order valence-corrected chi connectivity index (χ0v) is 27.6. The molecule has 0 bridgehead atoms. The number of urea groups is 1. The van der Waals surface area contributed by atoms with Gasteiger partial charge < -0.3 is 59.3 Å². The maximum absolute atomic E-state index is 13.1. The van der Waals surface area contributed by atoms with Crippen molar-refractivity contribution in [2.75, 3.05) is 6.54 Å². The van der Waals surface area contributed by atoms with Crippen molar-refractivity contribution in [1.82, 2.24) is 31.9 Å². The first-order chi connectivity index (χ1) is 23.4. The molecule has 1 aromatic carbocycles. The summed E-state index contributed by atoms with van der Waals surface area (Å²) in [5.41, 5.74) is 16.3. The minimum atomic E-state index is -1.48. The van der Waals surface area contributed by atoms with E-state index in [2.05, 4.69) is 31.9 Å². The second-order valence-electron chi connectivity index (χ2n) is 11.3. The van der Waals surface area contributed by atoms with Crippen LogP contribution in [-0.2, 0) is 44.8 Å². The van der Waals surface area contributed by atoms with E-state index < -0.39 is 96.1 Å². The molecule has 276 valence electrons. The lowest BCUT2D eigenvalue weighted by atomic mass is 10.0. The van der Waals surface area contributed by atoms with Gasteiger partial charge in [0.1, 0.15) is 30.2 Å². The van der Waals surface area contributed by atoms with Crippen LogP contribution in [0.3, 0.4) is 0 Å². The van der Waals surface area contributed by atoms with Gasteiger partial charge in [-0.05, 0) is 38.7 Å². The Labute approximate surface area is 287 Å². The van der Waals surface area contributed by atoms with Crippen LogP contribution in [0.15, 0.2) is 30.3 Å². The van der Waals surface area contributed by atoms with E-state index in [-0.39, 0.29) is 38.6 Å². The number of carboxylic acids is 2. The minimum Gasteiger partial charge on any atom is -0.481 e. The summed E-state index contributed by atoms with van der Waals surface area (Å²) in [6.45, 7) is 2.61. The number of carboxylic acid groups (broad SMARTS) is 2. The smallest absolute Gasteiger partial charge is 0.326 e. The van der Waals surface area contributed by atoms with E-state index in [1.165, 1.54) is 13.8 Å². The van der Waals surface area contributed by atoms with Gasteiger partial charge in [-0.25, -0.2) is 9.59 Å². The molecule has 20 heteroatoms. The van der Waals surface area contributed by atoms with E-state index in [0.29, 0.717) is 5.56 Å². The Hall–Kier alpha value is -5.79. The highest BCUT2D eigenvalue weighted by atomic mass is 16.4. The molecule has 14 N–H and O–H groups in total. The van der Waals surface area contributed by atoms with Gasteiger partial charge in [0, 0.05) is 19.4 Å². The van der Waals surface area contributed by atoms with E-state index >= 15 is 0 Å². The fraction of sp³-hybridized carbons (Fsp3) is 0.500. The lowest BCUT2D eigenvalue weighted by molar-refractivity contribution is -0.142. The molecule has 0 aliphatic heterocycles. The summed E-state index contributed by atoms with van der Waals surface area (Å²) in [5, 5.41) is 32.6. The average molecular weight is 708 g/mol. The number of nitrogens with one attached hydrogen (secondary N) is 6. The van der Waals surface area contributed by atoms with Crippen LogP contribution in [0.5, 0.6) is 0 Å². The SMILES string of the molecule is C[C@H](NC(=O)[C@H](C)NC(=O)[C@H](CCCNC(N)=O)NC(=O)[C@@H](N)CC(=O)O)C(=O)N[C@@H](Cc1ccccc1)C(=O)N[C@@H](CCC(N)=O)C(=O)O. The predicted molar refractivity (Wildman–Crippen MR) is 174 cm³/mol. The van der Waals surface area contributed by atoms with Crippen molar-refractivity contribution in [2.45, 2.75) is 88.6 Å². The Kier molecular flexibility index (Phi) is 17.9. The number of hydrogen-bond acceptors (Lipinski definition) is 10. The molecular weight excluding hydrogens is 662 g/mol. The van der Waals surface area contributed by atoms with Crippen LogP contribution in [0.2, 0.25) is 0 Å². The van der Waals surface area contributed by atoms with E-state index in [4.69, 9.17) is 22.3 Å². The van der Waals surface area contributed by atoms with Gasteiger partial charge in [-0.15, -0.1) is 0 Å². The molecule has 1 rings (SSSR count). The van der Waals surface area contributed by atoms with Gasteiger partial charge in [0.15, 0.2) is 0 Å². The fourth-order valence-corrected chi connectivity index (χ4v) is 4.30. The number of benzene rings is 1. The number of hydrogen-bond donors (Lipinski definition) is 11. The van der Waals surface area contributed by atoms with Crippen LogP contribution < -0.4 is 49.1 Å². The first kappa shape index (κ1) is 42.2. The highest BCUT2D eigenvalue weighted by Gasteiger charge is 2.31. The fourth-order valence-electron chi connectivity index (χ4n) is 4.30. The van der Waals surface area contributed by atoms with Gasteiger partial charge in [0.05, 0.1) is 12.5 Å². The van der Waals surface area contributed by atoms with Crippen molar-refractivity contribution in [3.63, 3.8) is 0 Å². The van der Waals surface area contributed by atoms with Crippen molar-refractivity contribution in [3.05, 3.63) is 35.9 Å². The molecule has 0 aliphatic rings. The van der Waals surface area contributed by atoms with E-state index in [1.807, 2.05) is 0 Å². The number of rotatable bonds is 22. The molecule has 6 atom stereocenters. The first-order valence-corrected chi connectivity index (χ1v) is 15.5. The molecule has 0 radical (unpaired) electrons. The molecule has 20 nitrogen and oxygen atoms in total. The maximum Gasteiger partial charge on any atom is 0.326 e. The van der Waals surface area contributed by atoms with Gasteiger partial charge >= 0.3 is 18.0 Å². The van der Waals surface area contributed by atoms with Crippen LogP contribution in [0, 0.1) is 0 Å². The molecule has 0 aromatic heterocycles. The Bertz CT molecular complexity index is 1390. The van der Waals surface area contributed by atoms with Gasteiger partial charge in [-0.1, -0.05) is 30.3 Å². The summed E-state index contributed by atoms with van der Waals surface area (Å²) in [5.74, 6) is -7.90. The zero-order valence-electron chi connectivity index (χ0n) is 27.6. The normalized spacial score (nSPS) is 14.2. The summed E-state index contributed by atoms with van der Waals surface area (Å²) in [7, 11) is 0. The number of primary amides is 2. The third-order valence-corrected chi connectivity index (χ3v) is 7.05. The van der Waals surface area contributed by atoms with E-state index in [0.717, 1.165) is 0 Å². The van der Waals surface area contributed by atoms with Gasteiger partial charge in [-0.3, -0.25) is 33.6 Å². The lowest BCUT2D eigenvalue weighted by Crippen LogP contribution is -2.58. The molecular formula is C30H45N9O11. The first-order valence-electron chi connectivity index (χ1n) is 15.5. The van der Waals surface area contributed by atoms with Crippen molar-refractivity contribution in [2.24, 2.45) is 17.2 Å². The summed E-state index contributed by atoms with van der Waals surface area (Å²) in [6, 6.07) is -0.491. The summed E-state index contributed by atoms with van der Waals surface area (Å²) in [4.78, 5) is 109. The van der Waals surface area contributed by atoms with Crippen molar-refractivity contribution >= 4 is 53.4 Å². The quantitative estimate of drug-likeness (QED) is 0.0519. The van der Waals surface area contributed by atoms with E-state index in [9.17, 15) is 48.3 Å². The van der Waals surface area contributed by atoms with Crippen LogP contribution in [0.25, 0.3) is 0 Å². The van der Waals surface area contributed by atoms with Crippen LogP contribution in [0.1, 0.15) is 51.5 Å². The summed E-state index contributed by atoms with van der Waals surface area (Å²) < 4.78 is 0. The molecule has 0 fully saturated rings. The monoisotopic (exact) mass is 707 g/mol. The standard InChI is InChI=1S/C30H45N9O11/c1-15(36-27(46)19(9-6-12-34-30(33)50)37-26(45)18(31)14-23(41)42)24(43)35-16(2)25(44)39-21(13-17-7-4-3-5-8-17)28(47)38-20(29(48)49)10-11-22(32)40/h3-5,7-8,15-16,18-21H,6,9-14,31H2,1-2H3,(H2,32,40)(H,35,43)(H,36,46)(H,37,45)(H,38,47)(H,39,44)(H,41,42)(H,48,49)(H3,33,34,50)/t15-,16-,18-,19-,20-,21-/m0/s1. The highest BCUT2D eigenvalue weighted by molar-refractivity contribution is 5.96. The third kappa shape index (κ3) is 16.4. The van der Waals surface area contributed by atoms with Gasteiger partial charge in [0.2, 0.25) is 35.4 Å². The van der Waals surface area contributed by atoms with Crippen LogP contribution in [-0.4, -0.2) is 106 Å². The highest BCUT2D eigenvalue weighted by Crippen LogP contribution is 2.07. The zero-order chi connectivity index (χ0) is 38.0. The topological polar surface area (TPSA) is 344 Å². The molecule has 0 unspecified atom stereocenters. The number of carbonyl (C=O) groups is 9. The largest absolute Gasteiger partial charge is 0.481 e. The van der Waals surface area contributed by atoms with Gasteiger partial charge in [0.25, 0.3) is 0 Å². The number of carbonyl (C=O) groups excluding carboxylic acids is 7. The lowest BCUT2D eigenvalue weighted by Gasteiger charge is -2.25. The van der Waals surface area contributed by atoms with Gasteiger partial charge in [-0.2, -0.15) is 0 Å². The molecule has 0 spiro atoms. The second-order valence-corrected chi connectivity index (χ2v) is 11.3. The molecule has 1 aromatic rings. The number of nitrogens with two attached hydrogens (primary N) is 3.